The minimum absolute atomic E-state index is 0.470. The van der Waals surface area contributed by atoms with E-state index in [0.717, 1.165) is 12.1 Å². The molecule has 0 heterocycles. The van der Waals surface area contributed by atoms with Gasteiger partial charge in [0.2, 0.25) is 0 Å². The van der Waals surface area contributed by atoms with Gasteiger partial charge in [0.25, 0.3) is 0 Å². The lowest BCUT2D eigenvalue weighted by molar-refractivity contribution is 0.415. The first kappa shape index (κ1) is 30.4. The fourth-order valence-corrected chi connectivity index (χ4v) is 5.93. The molecule has 7 aromatic carbocycles. The molecule has 0 saturated carbocycles. The monoisotopic (exact) mass is 674 g/mol. The zero-order valence-electron chi connectivity index (χ0n) is 22.1. The predicted molar refractivity (Wildman–Crippen MR) is 139 cm³/mol. The van der Waals surface area contributed by atoms with Crippen LogP contribution in [0.1, 0.15) is 0 Å². The average Bonchev–Trinajstić information content (AvgIpc) is 3.04. The van der Waals surface area contributed by atoms with E-state index in [4.69, 9.17) is 0 Å². The molecule has 0 spiro atoms. The summed E-state index contributed by atoms with van der Waals surface area (Å²) in [4.78, 5) is 0. The second-order valence-electron chi connectivity index (χ2n) is 10.2. The highest BCUT2D eigenvalue weighted by Gasteiger charge is 2.36. The van der Waals surface area contributed by atoms with Crippen LogP contribution in [0.4, 0.5) is 65.9 Å². The lowest BCUT2D eigenvalue weighted by atomic mass is 9.89. The summed E-state index contributed by atoms with van der Waals surface area (Å²) in [5.74, 6) is -37.7. The van der Waals surface area contributed by atoms with Crippen molar-refractivity contribution in [3.63, 3.8) is 0 Å². The van der Waals surface area contributed by atoms with Crippen LogP contribution >= 0.6 is 0 Å². The molecule has 47 heavy (non-hydrogen) atoms. The second-order valence-corrected chi connectivity index (χ2v) is 10.2. The molecule has 7 aromatic rings. The zero-order valence-corrected chi connectivity index (χ0v) is 22.1. The molecule has 0 amide bonds. The smallest absolute Gasteiger partial charge is 0.198 e. The van der Waals surface area contributed by atoms with Gasteiger partial charge < -0.3 is 0 Å². The Labute approximate surface area is 248 Å². The van der Waals surface area contributed by atoms with Gasteiger partial charge in [-0.05, 0) is 5.56 Å². The van der Waals surface area contributed by atoms with Gasteiger partial charge in [-0.15, -0.1) is 0 Å². The fourth-order valence-electron chi connectivity index (χ4n) is 5.93. The normalized spacial score (nSPS) is 12.1. The van der Waals surface area contributed by atoms with E-state index in [1.54, 1.807) is 0 Å². The van der Waals surface area contributed by atoms with Gasteiger partial charge in [0.1, 0.15) is 34.9 Å². The molecule has 0 aromatic heterocycles. The highest BCUT2D eigenvalue weighted by atomic mass is 19.2. The quantitative estimate of drug-likeness (QED) is 0.0535. The minimum atomic E-state index is -2.72. The molecule has 0 radical (unpaired) electrons. The number of benzene rings is 7. The van der Waals surface area contributed by atoms with E-state index in [9.17, 15) is 22.0 Å². The SMILES string of the molecule is Fc1c(F)c(F)c2c(F)c3c(F)c4c(c(F)c(F)c5c(F)c6c(F)c(F)c(F)c(-c7ccccc7)c6c(F)c54)c(F)c3c(F)c2c1F. The molecular formula is C32H5F15. The van der Waals surface area contributed by atoms with E-state index in [1.165, 1.54) is 18.2 Å². The van der Waals surface area contributed by atoms with E-state index in [1.807, 2.05) is 0 Å². The number of fused-ring (bicyclic) bond motifs is 6. The highest BCUT2D eigenvalue weighted by Crippen LogP contribution is 2.48. The van der Waals surface area contributed by atoms with E-state index < -0.39 is 152 Å². The van der Waals surface area contributed by atoms with E-state index in [0.29, 0.717) is 0 Å². The lowest BCUT2D eigenvalue weighted by Crippen LogP contribution is -2.08. The molecule has 0 fully saturated rings. The number of rotatable bonds is 1. The Morgan fingerprint density at radius 3 is 0.872 bits per heavy atom. The van der Waals surface area contributed by atoms with Crippen LogP contribution in [0.15, 0.2) is 30.3 Å². The summed E-state index contributed by atoms with van der Waals surface area (Å²) in [5, 5.41) is -19.8. The van der Waals surface area contributed by atoms with E-state index >= 15 is 43.9 Å². The maximum atomic E-state index is 16.5. The van der Waals surface area contributed by atoms with Crippen molar-refractivity contribution in [1.29, 1.82) is 0 Å². The van der Waals surface area contributed by atoms with Crippen molar-refractivity contribution in [3.8, 4) is 11.1 Å². The summed E-state index contributed by atoms with van der Waals surface area (Å²) >= 11 is 0. The summed E-state index contributed by atoms with van der Waals surface area (Å²) < 4.78 is 229. The van der Waals surface area contributed by atoms with Gasteiger partial charge >= 0.3 is 0 Å². The molecule has 0 saturated heterocycles. The number of hydrogen-bond donors (Lipinski definition) is 0. The predicted octanol–water partition coefficient (Wildman–Crippen LogP) is 11.2. The van der Waals surface area contributed by atoms with Crippen LogP contribution in [0, 0.1) is 87.3 Å². The van der Waals surface area contributed by atoms with Crippen LogP contribution in [0.25, 0.3) is 65.0 Å². The van der Waals surface area contributed by atoms with Gasteiger partial charge in [0.15, 0.2) is 52.4 Å². The van der Waals surface area contributed by atoms with Crippen LogP contribution in [-0.2, 0) is 0 Å². The van der Waals surface area contributed by atoms with Crippen LogP contribution in [0.2, 0.25) is 0 Å². The maximum Gasteiger partial charge on any atom is 0.198 e. The van der Waals surface area contributed by atoms with Crippen molar-refractivity contribution < 1.29 is 65.9 Å². The first-order valence-electron chi connectivity index (χ1n) is 12.7. The first-order valence-corrected chi connectivity index (χ1v) is 12.7. The van der Waals surface area contributed by atoms with Crippen molar-refractivity contribution in [2.75, 3.05) is 0 Å². The fraction of sp³-hybridized carbons (Fsp3) is 0. The Morgan fingerprint density at radius 1 is 0.213 bits per heavy atom. The average molecular weight is 674 g/mol. The topological polar surface area (TPSA) is 0 Å². The van der Waals surface area contributed by atoms with Crippen molar-refractivity contribution in [2.24, 2.45) is 0 Å². The molecule has 0 aliphatic heterocycles. The molecule has 0 nitrogen and oxygen atoms in total. The molecule has 0 N–H and O–H groups in total. The molecular weight excluding hydrogens is 669 g/mol. The van der Waals surface area contributed by atoms with Crippen LogP contribution < -0.4 is 0 Å². The molecule has 238 valence electrons. The lowest BCUT2D eigenvalue weighted by Gasteiger charge is -2.19. The van der Waals surface area contributed by atoms with Crippen molar-refractivity contribution >= 4 is 53.9 Å². The largest absolute Gasteiger partial charge is 0.206 e. The van der Waals surface area contributed by atoms with Gasteiger partial charge in [-0.3, -0.25) is 0 Å². The minimum Gasteiger partial charge on any atom is -0.206 e. The standard InChI is InChI=1S/C32H5F15/c33-18-8-7(6-4-2-1-3-5-6)24(39)30(45)27(42)11(8)20(35)12-9(18)10-13(26(41)25(12)40)21(36)15-14(19(10)34)22(37)16-17(23(15)38)29(44)32(47)31(46)28(16)43/h1-5H. The van der Waals surface area contributed by atoms with E-state index in [-0.39, 0.29) is 0 Å². The van der Waals surface area contributed by atoms with Gasteiger partial charge in [-0.25, -0.2) is 65.9 Å². The Morgan fingerprint density at radius 2 is 0.468 bits per heavy atom. The molecule has 0 aliphatic carbocycles. The molecule has 0 aliphatic rings. The number of hydrogen-bond acceptors (Lipinski definition) is 0. The Balaban J connectivity index is 1.85. The molecule has 15 heteroatoms. The summed E-state index contributed by atoms with van der Waals surface area (Å²) in [7, 11) is 0. The third-order valence-corrected chi connectivity index (χ3v) is 7.92. The third kappa shape index (κ3) is 3.59. The molecule has 0 bridgehead atoms. The van der Waals surface area contributed by atoms with Gasteiger partial charge in [0, 0.05) is 21.7 Å². The summed E-state index contributed by atoms with van der Waals surface area (Å²) in [6.07, 6.45) is 0. The van der Waals surface area contributed by atoms with Crippen molar-refractivity contribution in [3.05, 3.63) is 118 Å². The zero-order chi connectivity index (χ0) is 34.1. The summed E-state index contributed by atoms with van der Waals surface area (Å²) in [6.45, 7) is 0. The summed E-state index contributed by atoms with van der Waals surface area (Å²) in [5.41, 5.74) is -1.71. The Kier molecular flexibility index (Phi) is 6.41. The van der Waals surface area contributed by atoms with Gasteiger partial charge in [-0.2, -0.15) is 0 Å². The van der Waals surface area contributed by atoms with Gasteiger partial charge in [0.05, 0.1) is 37.7 Å². The van der Waals surface area contributed by atoms with Crippen LogP contribution in [0.3, 0.4) is 0 Å². The maximum absolute atomic E-state index is 16.5. The first-order chi connectivity index (χ1) is 22.1. The third-order valence-electron chi connectivity index (χ3n) is 7.92. The Bertz CT molecular complexity index is 2610. The number of halogens is 15. The van der Waals surface area contributed by atoms with Crippen LogP contribution in [-0.4, -0.2) is 0 Å². The summed E-state index contributed by atoms with van der Waals surface area (Å²) in [6, 6.07) is 5.68. The Hall–Kier alpha value is -5.21. The highest BCUT2D eigenvalue weighted by molar-refractivity contribution is 6.19. The molecule has 7 rings (SSSR count). The molecule has 0 atom stereocenters. The van der Waals surface area contributed by atoms with Crippen molar-refractivity contribution in [2.45, 2.75) is 0 Å². The second kappa shape index (κ2) is 9.89. The van der Waals surface area contributed by atoms with Crippen molar-refractivity contribution in [1.82, 2.24) is 0 Å². The van der Waals surface area contributed by atoms with Crippen LogP contribution in [0.5, 0.6) is 0 Å². The van der Waals surface area contributed by atoms with E-state index in [2.05, 4.69) is 0 Å². The molecule has 0 unspecified atom stereocenters. The van der Waals surface area contributed by atoms with Gasteiger partial charge in [-0.1, -0.05) is 30.3 Å².